The van der Waals surface area contributed by atoms with Crippen molar-refractivity contribution in [3.05, 3.63) is 78.0 Å². The van der Waals surface area contributed by atoms with Gasteiger partial charge in [0.1, 0.15) is 0 Å². The van der Waals surface area contributed by atoms with Crippen molar-refractivity contribution in [2.75, 3.05) is 17.2 Å². The van der Waals surface area contributed by atoms with Crippen molar-refractivity contribution in [2.24, 2.45) is 0 Å². The molecule has 0 fully saturated rings. The predicted molar refractivity (Wildman–Crippen MR) is 135 cm³/mol. The first-order valence-corrected chi connectivity index (χ1v) is 11.3. The Labute approximate surface area is 196 Å². The third-order valence-electron chi connectivity index (χ3n) is 5.79. The van der Waals surface area contributed by atoms with Gasteiger partial charge in [-0.15, -0.1) is 0 Å². The zero-order valence-electron chi connectivity index (χ0n) is 19.0. The van der Waals surface area contributed by atoms with Crippen molar-refractivity contribution in [3.63, 3.8) is 0 Å². The summed E-state index contributed by atoms with van der Waals surface area (Å²) in [7, 11) is 0. The third kappa shape index (κ3) is 4.23. The van der Waals surface area contributed by atoms with E-state index in [1.807, 2.05) is 42.5 Å². The number of anilines is 3. The number of fused-ring (bicyclic) bond motifs is 2. The molecule has 0 radical (unpaired) electrons. The van der Waals surface area contributed by atoms with Gasteiger partial charge in [-0.3, -0.25) is 9.48 Å². The summed E-state index contributed by atoms with van der Waals surface area (Å²) in [5.41, 5.74) is 5.88. The quantitative estimate of drug-likeness (QED) is 0.276. The maximum absolute atomic E-state index is 12.9. The molecule has 0 unspecified atom stereocenters. The van der Waals surface area contributed by atoms with Gasteiger partial charge in [-0.1, -0.05) is 32.0 Å². The zero-order chi connectivity index (χ0) is 23.7. The molecule has 8 heteroatoms. The topological polar surface area (TPSA) is 108 Å². The van der Waals surface area contributed by atoms with Crippen LogP contribution in [0.4, 0.5) is 17.3 Å². The number of nitrogens with one attached hydrogen (secondary N) is 3. The van der Waals surface area contributed by atoms with E-state index < -0.39 is 0 Å². The number of hydrogen-bond acceptors (Lipinski definition) is 5. The number of hydrogen-bond donors (Lipinski definition) is 4. The lowest BCUT2D eigenvalue weighted by atomic mass is 10.0. The summed E-state index contributed by atoms with van der Waals surface area (Å²) in [6, 6.07) is 19.2. The van der Waals surface area contributed by atoms with Gasteiger partial charge in [0, 0.05) is 22.3 Å². The second-order valence-corrected chi connectivity index (χ2v) is 8.50. The van der Waals surface area contributed by atoms with Crippen molar-refractivity contribution in [1.82, 2.24) is 19.7 Å². The maximum Gasteiger partial charge on any atom is 0.255 e. The molecule has 5 rings (SSSR count). The van der Waals surface area contributed by atoms with Gasteiger partial charge in [0.05, 0.1) is 35.9 Å². The van der Waals surface area contributed by atoms with E-state index in [-0.39, 0.29) is 12.5 Å². The van der Waals surface area contributed by atoms with Crippen molar-refractivity contribution in [2.45, 2.75) is 26.3 Å². The van der Waals surface area contributed by atoms with Crippen LogP contribution in [0.25, 0.3) is 21.9 Å². The minimum absolute atomic E-state index is 0.0207. The zero-order valence-corrected chi connectivity index (χ0v) is 19.0. The molecule has 3 aromatic carbocycles. The first-order valence-electron chi connectivity index (χ1n) is 11.3. The summed E-state index contributed by atoms with van der Waals surface area (Å²) < 4.78 is 1.73. The van der Waals surface area contributed by atoms with Gasteiger partial charge in [-0.25, -0.2) is 4.98 Å². The lowest BCUT2D eigenvalue weighted by molar-refractivity contribution is 0.102. The fourth-order valence-corrected chi connectivity index (χ4v) is 4.09. The van der Waals surface area contributed by atoms with E-state index in [0.29, 0.717) is 29.7 Å². The van der Waals surface area contributed by atoms with Crippen LogP contribution in [0.5, 0.6) is 0 Å². The Balaban J connectivity index is 1.35. The van der Waals surface area contributed by atoms with Crippen molar-refractivity contribution < 1.29 is 9.90 Å². The largest absolute Gasteiger partial charge is 0.394 e. The van der Waals surface area contributed by atoms with Crippen LogP contribution in [0.2, 0.25) is 0 Å². The lowest BCUT2D eigenvalue weighted by Crippen LogP contribution is -2.11. The van der Waals surface area contributed by atoms with Crippen LogP contribution >= 0.6 is 0 Å². The summed E-state index contributed by atoms with van der Waals surface area (Å²) in [5.74, 6) is 0.802. The van der Waals surface area contributed by atoms with E-state index in [1.165, 1.54) is 5.56 Å². The Kier molecular flexibility index (Phi) is 5.73. The Morgan fingerprint density at radius 2 is 1.97 bits per heavy atom. The molecule has 0 saturated carbocycles. The van der Waals surface area contributed by atoms with Gasteiger partial charge in [0.25, 0.3) is 5.91 Å². The number of rotatable bonds is 7. The van der Waals surface area contributed by atoms with Gasteiger partial charge < -0.3 is 20.7 Å². The minimum Gasteiger partial charge on any atom is -0.394 e. The molecule has 8 nitrogen and oxygen atoms in total. The molecule has 0 bridgehead atoms. The Bertz CT molecular complexity index is 1480. The Hall–Kier alpha value is -4.17. The molecule has 1 amide bonds. The number of amides is 1. The number of imidazole rings is 1. The highest BCUT2D eigenvalue weighted by molar-refractivity contribution is 6.06. The molecule has 172 valence electrons. The summed E-state index contributed by atoms with van der Waals surface area (Å²) >= 11 is 0. The van der Waals surface area contributed by atoms with Crippen LogP contribution in [-0.2, 0) is 6.54 Å². The minimum atomic E-state index is -0.210. The number of aliphatic hydroxyl groups is 1. The number of aromatic nitrogens is 4. The highest BCUT2D eigenvalue weighted by Crippen LogP contribution is 2.27. The molecule has 0 aliphatic carbocycles. The SMILES string of the molecule is CC(C)c1ccccc1Nc1nc2ccc(C(=O)Nc3ccc4c(cnn4CCO)c3)cc2[nH]1. The number of aromatic amines is 1. The second-order valence-electron chi connectivity index (χ2n) is 8.50. The van der Waals surface area contributed by atoms with Crippen LogP contribution in [0.3, 0.4) is 0 Å². The lowest BCUT2D eigenvalue weighted by Gasteiger charge is -2.12. The average Bonchev–Trinajstić information content (AvgIpc) is 3.42. The molecule has 2 heterocycles. The maximum atomic E-state index is 12.9. The summed E-state index contributed by atoms with van der Waals surface area (Å²) in [6.45, 7) is 4.76. The number of H-pyrrole nitrogens is 1. The number of aliphatic hydroxyl groups excluding tert-OH is 1. The second kappa shape index (κ2) is 8.99. The molecule has 2 aromatic heterocycles. The fraction of sp³-hybridized carbons (Fsp3) is 0.192. The van der Waals surface area contributed by atoms with E-state index >= 15 is 0 Å². The van der Waals surface area contributed by atoms with Gasteiger partial charge in [0.2, 0.25) is 5.95 Å². The molecular formula is C26H26N6O2. The first-order chi connectivity index (χ1) is 16.5. The highest BCUT2D eigenvalue weighted by atomic mass is 16.3. The average molecular weight is 455 g/mol. The smallest absolute Gasteiger partial charge is 0.255 e. The normalized spacial score (nSPS) is 11.4. The third-order valence-corrected chi connectivity index (χ3v) is 5.79. The van der Waals surface area contributed by atoms with Crippen LogP contribution in [-0.4, -0.2) is 37.4 Å². The summed E-state index contributed by atoms with van der Waals surface area (Å²) in [5, 5.41) is 20.6. The van der Waals surface area contributed by atoms with Crippen molar-refractivity contribution >= 4 is 45.2 Å². The summed E-state index contributed by atoms with van der Waals surface area (Å²) in [4.78, 5) is 20.8. The standard InChI is InChI=1S/C26H26N6O2/c1-16(2)20-5-3-4-6-21(20)29-26-30-22-9-7-17(14-23(22)31-26)25(34)28-19-8-10-24-18(13-19)15-27-32(24)11-12-33/h3-10,13-16,33H,11-12H2,1-2H3,(H,28,34)(H2,29,30,31). The molecular weight excluding hydrogens is 428 g/mol. The van der Waals surface area contributed by atoms with E-state index in [2.05, 4.69) is 45.6 Å². The Morgan fingerprint density at radius 1 is 1.12 bits per heavy atom. The number of benzene rings is 3. The monoisotopic (exact) mass is 454 g/mol. The molecule has 0 spiro atoms. The highest BCUT2D eigenvalue weighted by Gasteiger charge is 2.12. The van der Waals surface area contributed by atoms with Gasteiger partial charge in [-0.2, -0.15) is 5.10 Å². The van der Waals surface area contributed by atoms with E-state index in [4.69, 9.17) is 5.11 Å². The molecule has 34 heavy (non-hydrogen) atoms. The molecule has 4 N–H and O–H groups in total. The van der Waals surface area contributed by atoms with Crippen LogP contribution in [0, 0.1) is 0 Å². The predicted octanol–water partition coefficient (Wildman–Crippen LogP) is 5.02. The van der Waals surface area contributed by atoms with E-state index in [1.54, 1.807) is 23.0 Å². The van der Waals surface area contributed by atoms with Crippen molar-refractivity contribution in [1.29, 1.82) is 0 Å². The molecule has 5 aromatic rings. The first kappa shape index (κ1) is 21.7. The molecule has 0 aliphatic rings. The molecule has 0 saturated heterocycles. The van der Waals surface area contributed by atoms with Crippen LogP contribution in [0.15, 0.2) is 66.9 Å². The van der Waals surface area contributed by atoms with Gasteiger partial charge in [0.15, 0.2) is 0 Å². The number of carbonyl (C=O) groups is 1. The summed E-state index contributed by atoms with van der Waals surface area (Å²) in [6.07, 6.45) is 1.73. The number of carbonyl (C=O) groups excluding carboxylic acids is 1. The molecule has 0 aliphatic heterocycles. The van der Waals surface area contributed by atoms with Crippen LogP contribution < -0.4 is 10.6 Å². The van der Waals surface area contributed by atoms with E-state index in [0.717, 1.165) is 27.6 Å². The molecule has 0 atom stereocenters. The van der Waals surface area contributed by atoms with Gasteiger partial charge in [-0.05, 0) is 53.9 Å². The fourth-order valence-electron chi connectivity index (χ4n) is 4.09. The number of para-hydroxylation sites is 1. The van der Waals surface area contributed by atoms with Crippen molar-refractivity contribution in [3.8, 4) is 0 Å². The Morgan fingerprint density at radius 3 is 2.79 bits per heavy atom. The van der Waals surface area contributed by atoms with Crippen LogP contribution in [0.1, 0.15) is 35.7 Å². The number of nitrogens with zero attached hydrogens (tertiary/aromatic N) is 3. The van der Waals surface area contributed by atoms with Gasteiger partial charge >= 0.3 is 0 Å². The van der Waals surface area contributed by atoms with E-state index in [9.17, 15) is 4.79 Å².